The number of halogens is 1. The highest BCUT2D eigenvalue weighted by Gasteiger charge is 2.45. The lowest BCUT2D eigenvalue weighted by atomic mass is 10.1. The van der Waals surface area contributed by atoms with Crippen LogP contribution in [0.2, 0.25) is 0 Å². The van der Waals surface area contributed by atoms with Crippen molar-refractivity contribution in [3.63, 3.8) is 0 Å². The molecule has 3 nitrogen and oxygen atoms in total. The maximum absolute atomic E-state index is 13.3. The topological polar surface area (TPSA) is 49.7 Å². The number of methoxy groups -OCH3 is 1. The molecule has 0 bridgehead atoms. The van der Waals surface area contributed by atoms with Gasteiger partial charge >= 0.3 is 0 Å². The molecule has 1 fully saturated rings. The van der Waals surface area contributed by atoms with Crippen molar-refractivity contribution in [2.75, 3.05) is 7.11 Å². The fourth-order valence-electron chi connectivity index (χ4n) is 1.50. The summed E-state index contributed by atoms with van der Waals surface area (Å²) < 4.78 is 18.2. The fraction of sp³-hybridized carbons (Fsp3) is 0.400. The zero-order chi connectivity index (χ0) is 10.3. The van der Waals surface area contributed by atoms with Gasteiger partial charge in [0.25, 0.3) is 0 Å². The molecule has 2 N–H and O–H groups in total. The number of aliphatic hydroxyl groups is 1. The first-order valence-electron chi connectivity index (χ1n) is 4.37. The molecule has 14 heavy (non-hydrogen) atoms. The third kappa shape index (κ3) is 1.23. The fourth-order valence-corrected chi connectivity index (χ4v) is 1.50. The Kier molecular flexibility index (Phi) is 1.89. The van der Waals surface area contributed by atoms with Crippen LogP contribution < -0.4 is 4.74 Å². The van der Waals surface area contributed by atoms with Crippen molar-refractivity contribution >= 4 is 0 Å². The molecule has 0 aromatic heterocycles. The highest BCUT2D eigenvalue weighted by atomic mass is 19.1. The van der Waals surface area contributed by atoms with Gasteiger partial charge in [0.1, 0.15) is 0 Å². The average molecular weight is 198 g/mol. The third-order valence-electron chi connectivity index (χ3n) is 2.51. The van der Waals surface area contributed by atoms with Crippen LogP contribution >= 0.6 is 0 Å². The normalized spacial score (nSPS) is 17.9. The molecule has 4 heteroatoms. The lowest BCUT2D eigenvalue weighted by Crippen LogP contribution is -2.07. The van der Waals surface area contributed by atoms with Crippen LogP contribution in [-0.2, 0) is 5.60 Å². The number of aromatic hydroxyl groups is 1. The second kappa shape index (κ2) is 2.85. The van der Waals surface area contributed by atoms with Crippen LogP contribution in [0.15, 0.2) is 12.1 Å². The molecule has 0 saturated heterocycles. The summed E-state index contributed by atoms with van der Waals surface area (Å²) in [5.74, 6) is -1.34. The van der Waals surface area contributed by atoms with Crippen molar-refractivity contribution in [2.45, 2.75) is 18.4 Å². The Labute approximate surface area is 80.8 Å². The van der Waals surface area contributed by atoms with Crippen LogP contribution in [0.3, 0.4) is 0 Å². The van der Waals surface area contributed by atoms with Crippen LogP contribution in [0.4, 0.5) is 4.39 Å². The lowest BCUT2D eigenvalue weighted by molar-refractivity contribution is 0.146. The molecule has 0 heterocycles. The van der Waals surface area contributed by atoms with E-state index in [0.29, 0.717) is 18.4 Å². The third-order valence-corrected chi connectivity index (χ3v) is 2.51. The summed E-state index contributed by atoms with van der Waals surface area (Å²) in [5.41, 5.74) is -0.546. The number of phenols is 1. The molecule has 0 unspecified atom stereocenters. The molecule has 1 aliphatic carbocycles. The Hall–Kier alpha value is -1.29. The van der Waals surface area contributed by atoms with E-state index in [1.54, 1.807) is 0 Å². The minimum absolute atomic E-state index is 0.0648. The van der Waals surface area contributed by atoms with E-state index in [0.717, 1.165) is 0 Å². The van der Waals surface area contributed by atoms with E-state index in [-0.39, 0.29) is 5.75 Å². The molecule has 2 rings (SSSR count). The minimum Gasteiger partial charge on any atom is -0.505 e. The average Bonchev–Trinajstić information content (AvgIpc) is 2.89. The molecule has 0 amide bonds. The van der Waals surface area contributed by atoms with Crippen LogP contribution in [0, 0.1) is 5.82 Å². The quantitative estimate of drug-likeness (QED) is 0.757. The van der Waals surface area contributed by atoms with E-state index in [1.165, 1.54) is 19.2 Å². The largest absolute Gasteiger partial charge is 0.505 e. The maximum Gasteiger partial charge on any atom is 0.206 e. The van der Waals surface area contributed by atoms with E-state index in [2.05, 4.69) is 0 Å². The Morgan fingerprint density at radius 3 is 2.57 bits per heavy atom. The number of hydrogen-bond donors (Lipinski definition) is 2. The monoisotopic (exact) mass is 198 g/mol. The van der Waals surface area contributed by atoms with Gasteiger partial charge in [-0.05, 0) is 25.0 Å². The van der Waals surface area contributed by atoms with Crippen LogP contribution in [0.5, 0.6) is 11.5 Å². The first kappa shape index (κ1) is 9.27. The van der Waals surface area contributed by atoms with Gasteiger partial charge in [0.05, 0.1) is 12.7 Å². The SMILES string of the molecule is COc1c(C2(O)CC2)ccc(O)c1F. The van der Waals surface area contributed by atoms with Gasteiger partial charge < -0.3 is 14.9 Å². The summed E-state index contributed by atoms with van der Waals surface area (Å²) in [6.45, 7) is 0. The van der Waals surface area contributed by atoms with E-state index in [4.69, 9.17) is 9.84 Å². The number of hydrogen-bond acceptors (Lipinski definition) is 3. The second-order valence-electron chi connectivity index (χ2n) is 3.51. The Balaban J connectivity index is 2.55. The molecule has 76 valence electrons. The van der Waals surface area contributed by atoms with Gasteiger partial charge in [-0.15, -0.1) is 0 Å². The predicted octanol–water partition coefficient (Wildman–Crippen LogP) is 1.52. The summed E-state index contributed by atoms with van der Waals surface area (Å²) in [6, 6.07) is 2.72. The molecular formula is C10H11FO3. The second-order valence-corrected chi connectivity index (χ2v) is 3.51. The van der Waals surface area contributed by atoms with E-state index in [9.17, 15) is 9.50 Å². The number of ether oxygens (including phenoxy) is 1. The Morgan fingerprint density at radius 1 is 1.43 bits per heavy atom. The highest BCUT2D eigenvalue weighted by Crippen LogP contribution is 2.50. The van der Waals surface area contributed by atoms with Crippen LogP contribution in [-0.4, -0.2) is 17.3 Å². The molecule has 1 aromatic rings. The summed E-state index contributed by atoms with van der Waals surface area (Å²) in [4.78, 5) is 0. The molecule has 0 spiro atoms. The van der Waals surface area contributed by atoms with Crippen molar-refractivity contribution in [1.29, 1.82) is 0 Å². The smallest absolute Gasteiger partial charge is 0.206 e. The zero-order valence-electron chi connectivity index (χ0n) is 7.75. The summed E-state index contributed by atoms with van der Waals surface area (Å²) in [5, 5.41) is 18.9. The van der Waals surface area contributed by atoms with Crippen molar-refractivity contribution in [3.05, 3.63) is 23.5 Å². The molecule has 1 saturated carbocycles. The standard InChI is InChI=1S/C10H11FO3/c1-14-9-6(10(13)4-5-10)2-3-7(12)8(9)11/h2-3,12-13H,4-5H2,1H3. The molecule has 0 radical (unpaired) electrons. The van der Waals surface area contributed by atoms with Gasteiger partial charge in [0.15, 0.2) is 11.5 Å². The summed E-state index contributed by atoms with van der Waals surface area (Å²) in [7, 11) is 1.31. The van der Waals surface area contributed by atoms with E-state index in [1.807, 2.05) is 0 Å². The zero-order valence-corrected chi connectivity index (χ0v) is 7.75. The van der Waals surface area contributed by atoms with E-state index >= 15 is 0 Å². The lowest BCUT2D eigenvalue weighted by Gasteiger charge is -2.14. The predicted molar refractivity (Wildman–Crippen MR) is 47.7 cm³/mol. The Morgan fingerprint density at radius 2 is 2.07 bits per heavy atom. The van der Waals surface area contributed by atoms with Gasteiger partial charge in [0.2, 0.25) is 5.82 Å². The molecule has 0 atom stereocenters. The summed E-state index contributed by atoms with van der Waals surface area (Å²) in [6.07, 6.45) is 1.21. The van der Waals surface area contributed by atoms with Gasteiger partial charge in [-0.25, -0.2) is 0 Å². The Bertz CT molecular complexity index is 372. The molecule has 0 aliphatic heterocycles. The van der Waals surface area contributed by atoms with Crippen molar-refractivity contribution < 1.29 is 19.3 Å². The van der Waals surface area contributed by atoms with E-state index < -0.39 is 17.2 Å². The number of benzene rings is 1. The minimum atomic E-state index is -0.958. The number of phenolic OH excluding ortho intramolecular Hbond substituents is 1. The van der Waals surface area contributed by atoms with Crippen molar-refractivity contribution in [1.82, 2.24) is 0 Å². The van der Waals surface area contributed by atoms with Gasteiger partial charge in [-0.3, -0.25) is 0 Å². The first-order chi connectivity index (χ1) is 6.58. The first-order valence-corrected chi connectivity index (χ1v) is 4.37. The molecular weight excluding hydrogens is 187 g/mol. The summed E-state index contributed by atoms with van der Waals surface area (Å²) >= 11 is 0. The van der Waals surface area contributed by atoms with Gasteiger partial charge in [-0.1, -0.05) is 0 Å². The van der Waals surface area contributed by atoms with Crippen molar-refractivity contribution in [3.8, 4) is 11.5 Å². The molecule has 1 aliphatic rings. The number of rotatable bonds is 2. The molecule has 1 aromatic carbocycles. The van der Waals surface area contributed by atoms with Gasteiger partial charge in [0, 0.05) is 5.56 Å². The maximum atomic E-state index is 13.3. The van der Waals surface area contributed by atoms with Crippen molar-refractivity contribution in [2.24, 2.45) is 0 Å². The highest BCUT2D eigenvalue weighted by molar-refractivity contribution is 5.46. The van der Waals surface area contributed by atoms with Crippen LogP contribution in [0.1, 0.15) is 18.4 Å². The van der Waals surface area contributed by atoms with Crippen LogP contribution in [0.25, 0.3) is 0 Å². The van der Waals surface area contributed by atoms with Gasteiger partial charge in [-0.2, -0.15) is 4.39 Å².